The van der Waals surface area contributed by atoms with Crippen molar-refractivity contribution in [1.82, 2.24) is 14.7 Å². The summed E-state index contributed by atoms with van der Waals surface area (Å²) < 4.78 is 20.3. The summed E-state index contributed by atoms with van der Waals surface area (Å²) in [6, 6.07) is 5.74. The van der Waals surface area contributed by atoms with Crippen LogP contribution in [0.25, 0.3) is 5.69 Å². The van der Waals surface area contributed by atoms with Crippen LogP contribution in [0.1, 0.15) is 37.6 Å². The molecule has 1 aromatic heterocycles. The van der Waals surface area contributed by atoms with E-state index in [9.17, 15) is 14.0 Å². The minimum absolute atomic E-state index is 0.201. The molecule has 0 radical (unpaired) electrons. The molecule has 29 heavy (non-hydrogen) atoms. The van der Waals surface area contributed by atoms with E-state index in [2.05, 4.69) is 5.10 Å². The molecule has 0 saturated heterocycles. The first kappa shape index (κ1) is 20.6. The first-order chi connectivity index (χ1) is 13.5. The fourth-order valence-electron chi connectivity index (χ4n) is 3.00. The van der Waals surface area contributed by atoms with Gasteiger partial charge in [0.1, 0.15) is 11.4 Å². The minimum Gasteiger partial charge on any atom is -0.443 e. The molecule has 0 spiro atoms. The summed E-state index contributed by atoms with van der Waals surface area (Å²) in [6.45, 7) is 5.60. The molecule has 0 aliphatic carbocycles. The van der Waals surface area contributed by atoms with Crippen molar-refractivity contribution in [3.8, 4) is 5.69 Å². The number of fused-ring (bicyclic) bond motifs is 1. The summed E-state index contributed by atoms with van der Waals surface area (Å²) in [5.41, 5.74) is 0.761. The highest BCUT2D eigenvalue weighted by molar-refractivity contribution is 6.14. The summed E-state index contributed by atoms with van der Waals surface area (Å²) in [6.07, 6.45) is 3.13. The number of carbonyl (C=O) groups excluding carboxylic acids is 2. The molecule has 0 fully saturated rings. The Labute approximate surface area is 169 Å². The zero-order valence-corrected chi connectivity index (χ0v) is 17.3. The molecule has 2 aromatic rings. The van der Waals surface area contributed by atoms with Crippen LogP contribution in [-0.4, -0.2) is 52.8 Å². The fourth-order valence-corrected chi connectivity index (χ4v) is 3.00. The van der Waals surface area contributed by atoms with Gasteiger partial charge in [0.25, 0.3) is 0 Å². The van der Waals surface area contributed by atoms with Crippen molar-refractivity contribution < 1.29 is 18.7 Å². The number of halogens is 1. The summed E-state index contributed by atoms with van der Waals surface area (Å²) in [7, 11) is 3.67. The topological polar surface area (TPSA) is 67.7 Å². The molecule has 1 amide bonds. The second-order valence-corrected chi connectivity index (χ2v) is 8.12. The van der Waals surface area contributed by atoms with Crippen molar-refractivity contribution in [3.05, 3.63) is 53.6 Å². The Balaban J connectivity index is 2.09. The molecule has 2 heterocycles. The van der Waals surface area contributed by atoms with Crippen molar-refractivity contribution in [2.24, 2.45) is 0 Å². The van der Waals surface area contributed by atoms with Crippen LogP contribution < -0.4 is 4.90 Å². The van der Waals surface area contributed by atoms with Gasteiger partial charge < -0.3 is 9.64 Å². The first-order valence-electron chi connectivity index (χ1n) is 9.33. The number of rotatable bonds is 2. The minimum atomic E-state index is -0.685. The molecular weight excluding hydrogens is 375 g/mol. The number of anilines is 1. The highest BCUT2D eigenvalue weighted by Gasteiger charge is 2.34. The Kier molecular flexibility index (Phi) is 5.46. The number of carbonyl (C=O) groups is 2. The Bertz CT molecular complexity index is 955. The number of nitrogens with zero attached hydrogens (tertiary/aromatic N) is 4. The number of ketones is 1. The Morgan fingerprint density at radius 3 is 2.48 bits per heavy atom. The SMILES string of the molecule is CN(C)/C=C1\CCN(C(=O)OC(C)(C)C)c2nn(-c3ccc(F)cc3)cc2C1=O. The van der Waals surface area contributed by atoms with Gasteiger partial charge in [-0.25, -0.2) is 13.9 Å². The van der Waals surface area contributed by atoms with E-state index >= 15 is 0 Å². The lowest BCUT2D eigenvalue weighted by atomic mass is 10.1. The van der Waals surface area contributed by atoms with Crippen LogP contribution in [0.3, 0.4) is 0 Å². The van der Waals surface area contributed by atoms with Crippen LogP contribution in [0, 0.1) is 5.82 Å². The molecule has 1 aromatic carbocycles. The lowest BCUT2D eigenvalue weighted by Crippen LogP contribution is -2.37. The maximum absolute atomic E-state index is 13.3. The van der Waals surface area contributed by atoms with Crippen molar-refractivity contribution in [2.45, 2.75) is 32.8 Å². The van der Waals surface area contributed by atoms with E-state index in [1.807, 2.05) is 14.1 Å². The highest BCUT2D eigenvalue weighted by atomic mass is 19.1. The maximum Gasteiger partial charge on any atom is 0.416 e. The van der Waals surface area contributed by atoms with Gasteiger partial charge in [-0.1, -0.05) is 0 Å². The van der Waals surface area contributed by atoms with Gasteiger partial charge in [-0.3, -0.25) is 9.69 Å². The third-order valence-electron chi connectivity index (χ3n) is 4.21. The second kappa shape index (κ2) is 7.69. The molecular formula is C21H25FN4O3. The Hall–Kier alpha value is -3.16. The molecule has 1 aliphatic rings. The zero-order chi connectivity index (χ0) is 21.3. The first-order valence-corrected chi connectivity index (χ1v) is 9.33. The second-order valence-electron chi connectivity index (χ2n) is 8.12. The standard InChI is InChI=1S/C21H25FN4O3/c1-21(2,3)29-20(28)25-11-10-14(12-24(4)5)18(27)17-13-26(23-19(17)25)16-8-6-15(22)7-9-16/h6-9,12-13H,10-11H2,1-5H3/b14-12+. The van der Waals surface area contributed by atoms with Gasteiger partial charge in [0.05, 0.1) is 11.3 Å². The number of ether oxygens (including phenoxy) is 1. The summed E-state index contributed by atoms with van der Waals surface area (Å²) in [4.78, 5) is 29.1. The number of Topliss-reactive ketones (excluding diaryl/α,β-unsaturated/α-hetero) is 1. The van der Waals surface area contributed by atoms with E-state index in [0.29, 0.717) is 23.2 Å². The number of benzene rings is 1. The molecule has 0 saturated carbocycles. The van der Waals surface area contributed by atoms with E-state index in [1.54, 1.807) is 50.2 Å². The summed E-state index contributed by atoms with van der Waals surface area (Å²) >= 11 is 0. The monoisotopic (exact) mass is 400 g/mol. The van der Waals surface area contributed by atoms with Crippen LogP contribution in [-0.2, 0) is 4.74 Å². The lowest BCUT2D eigenvalue weighted by molar-refractivity contribution is 0.0579. The van der Waals surface area contributed by atoms with Gasteiger partial charge in [0, 0.05) is 38.6 Å². The van der Waals surface area contributed by atoms with Crippen LogP contribution in [0.15, 0.2) is 42.2 Å². The van der Waals surface area contributed by atoms with Crippen molar-refractivity contribution in [3.63, 3.8) is 0 Å². The van der Waals surface area contributed by atoms with Gasteiger partial charge in [-0.05, 0) is 51.5 Å². The third-order valence-corrected chi connectivity index (χ3v) is 4.21. The van der Waals surface area contributed by atoms with Gasteiger partial charge in [-0.2, -0.15) is 0 Å². The van der Waals surface area contributed by atoms with Gasteiger partial charge in [0.2, 0.25) is 0 Å². The van der Waals surface area contributed by atoms with Crippen molar-refractivity contribution >= 4 is 17.7 Å². The lowest BCUT2D eigenvalue weighted by Gasteiger charge is -2.25. The largest absolute Gasteiger partial charge is 0.443 e. The predicted octanol–water partition coefficient (Wildman–Crippen LogP) is 3.78. The van der Waals surface area contributed by atoms with Crippen LogP contribution >= 0.6 is 0 Å². The van der Waals surface area contributed by atoms with E-state index in [0.717, 1.165) is 0 Å². The molecule has 0 bridgehead atoms. The summed E-state index contributed by atoms with van der Waals surface area (Å²) in [5.74, 6) is -0.339. The Morgan fingerprint density at radius 2 is 1.90 bits per heavy atom. The average Bonchev–Trinajstić information content (AvgIpc) is 2.99. The Morgan fingerprint density at radius 1 is 1.24 bits per heavy atom. The molecule has 0 unspecified atom stereocenters. The van der Waals surface area contributed by atoms with Gasteiger partial charge >= 0.3 is 6.09 Å². The van der Waals surface area contributed by atoms with Crippen LogP contribution in [0.4, 0.5) is 15.0 Å². The zero-order valence-electron chi connectivity index (χ0n) is 17.3. The smallest absolute Gasteiger partial charge is 0.416 e. The summed E-state index contributed by atoms with van der Waals surface area (Å²) in [5, 5.41) is 4.46. The van der Waals surface area contributed by atoms with Crippen molar-refractivity contribution in [1.29, 1.82) is 0 Å². The van der Waals surface area contributed by atoms with E-state index < -0.39 is 11.7 Å². The van der Waals surface area contributed by atoms with E-state index in [1.165, 1.54) is 21.7 Å². The van der Waals surface area contributed by atoms with Gasteiger partial charge in [-0.15, -0.1) is 5.10 Å². The molecule has 1 aliphatic heterocycles. The van der Waals surface area contributed by atoms with Gasteiger partial charge in [0.15, 0.2) is 11.6 Å². The van der Waals surface area contributed by atoms with Crippen LogP contribution in [0.5, 0.6) is 0 Å². The van der Waals surface area contributed by atoms with Crippen LogP contribution in [0.2, 0.25) is 0 Å². The average molecular weight is 400 g/mol. The number of aromatic nitrogens is 2. The normalized spacial score (nSPS) is 15.9. The molecule has 3 rings (SSSR count). The molecule has 0 N–H and O–H groups in total. The number of hydrogen-bond acceptors (Lipinski definition) is 5. The fraction of sp³-hybridized carbons (Fsp3) is 0.381. The molecule has 7 nitrogen and oxygen atoms in total. The number of hydrogen-bond donors (Lipinski definition) is 0. The predicted molar refractivity (Wildman–Crippen MR) is 108 cm³/mol. The van der Waals surface area contributed by atoms with E-state index in [4.69, 9.17) is 4.74 Å². The quantitative estimate of drug-likeness (QED) is 0.718. The maximum atomic E-state index is 13.3. The molecule has 8 heteroatoms. The number of amides is 1. The van der Waals surface area contributed by atoms with Crippen molar-refractivity contribution in [2.75, 3.05) is 25.5 Å². The third kappa shape index (κ3) is 4.64. The van der Waals surface area contributed by atoms with E-state index in [-0.39, 0.29) is 24.0 Å². The molecule has 0 atom stereocenters. The molecule has 154 valence electrons. The highest BCUT2D eigenvalue weighted by Crippen LogP contribution is 2.30.